The molecule has 0 aliphatic carbocycles. The molecule has 3 heterocycles. The van der Waals surface area contributed by atoms with Crippen LogP contribution in [0.25, 0.3) is 11.0 Å². The number of hydrogen-bond acceptors (Lipinski definition) is 4. The van der Waals surface area contributed by atoms with Crippen LogP contribution in [0.1, 0.15) is 34.1 Å². The first-order valence-electron chi connectivity index (χ1n) is 8.73. The minimum Gasteiger partial charge on any atom is -0.493 e. The number of aryl methyl sites for hydroxylation is 1. The van der Waals surface area contributed by atoms with Gasteiger partial charge in [0.05, 0.1) is 23.9 Å². The van der Waals surface area contributed by atoms with Crippen molar-refractivity contribution in [1.29, 1.82) is 0 Å². The number of aromatic amines is 1. The molecule has 2 aromatic heterocycles. The van der Waals surface area contributed by atoms with Crippen molar-refractivity contribution in [2.75, 3.05) is 25.6 Å². The monoisotopic (exact) mass is 350 g/mol. The smallest absolute Gasteiger partial charge is 0.255 e. The van der Waals surface area contributed by atoms with Crippen LogP contribution in [0.3, 0.4) is 0 Å². The first kappa shape index (κ1) is 16.4. The van der Waals surface area contributed by atoms with Gasteiger partial charge in [-0.15, -0.1) is 0 Å². The lowest BCUT2D eigenvalue weighted by molar-refractivity contribution is 0.0925. The maximum absolute atomic E-state index is 13.1. The van der Waals surface area contributed by atoms with E-state index in [1.165, 1.54) is 0 Å². The van der Waals surface area contributed by atoms with Crippen LogP contribution in [0.4, 0.5) is 5.69 Å². The van der Waals surface area contributed by atoms with Crippen LogP contribution in [0.15, 0.2) is 36.5 Å². The molecule has 0 fully saturated rings. The van der Waals surface area contributed by atoms with Crippen molar-refractivity contribution in [2.45, 2.75) is 19.4 Å². The van der Waals surface area contributed by atoms with Gasteiger partial charge in [-0.25, -0.2) is 4.98 Å². The van der Waals surface area contributed by atoms with E-state index in [-0.39, 0.29) is 11.9 Å². The molecule has 0 unspecified atom stereocenters. The van der Waals surface area contributed by atoms with Crippen molar-refractivity contribution >= 4 is 22.6 Å². The van der Waals surface area contributed by atoms with Gasteiger partial charge in [0.2, 0.25) is 0 Å². The number of nitrogens with zero attached hydrogens (tertiary/aromatic N) is 2. The number of aromatic nitrogens is 2. The fourth-order valence-corrected chi connectivity index (χ4v) is 3.57. The fraction of sp³-hybridized carbons (Fsp3) is 0.300. The molecule has 0 radical (unpaired) electrons. The van der Waals surface area contributed by atoms with Crippen LogP contribution in [-0.2, 0) is 0 Å². The minimum absolute atomic E-state index is 0.0638. The summed E-state index contributed by atoms with van der Waals surface area (Å²) < 4.78 is 5.69. The number of amides is 1. The number of anilines is 1. The number of ether oxygens (including phenoxy) is 1. The van der Waals surface area contributed by atoms with Crippen molar-refractivity contribution in [2.24, 2.45) is 0 Å². The van der Waals surface area contributed by atoms with Crippen LogP contribution in [0.5, 0.6) is 5.75 Å². The first-order valence-corrected chi connectivity index (χ1v) is 8.73. The van der Waals surface area contributed by atoms with Gasteiger partial charge in [-0.05, 0) is 19.1 Å². The first-order chi connectivity index (χ1) is 12.5. The van der Waals surface area contributed by atoms with E-state index in [1.54, 1.807) is 6.20 Å². The number of carbonyl (C=O) groups is 1. The molecule has 1 amide bonds. The Morgan fingerprint density at radius 2 is 2.15 bits per heavy atom. The normalized spacial score (nSPS) is 16.0. The number of pyridine rings is 1. The molecule has 6 heteroatoms. The molecule has 1 aliphatic heterocycles. The van der Waals surface area contributed by atoms with Gasteiger partial charge in [0.25, 0.3) is 5.91 Å². The number of para-hydroxylation sites is 1. The summed E-state index contributed by atoms with van der Waals surface area (Å²) in [5.74, 6) is 0.718. The Hall–Kier alpha value is -3.02. The lowest BCUT2D eigenvalue weighted by Gasteiger charge is -2.27. The number of carbonyl (C=O) groups excluding carboxylic acids is 1. The van der Waals surface area contributed by atoms with Crippen molar-refractivity contribution in [3.63, 3.8) is 0 Å². The van der Waals surface area contributed by atoms with Gasteiger partial charge in [0, 0.05) is 43.4 Å². The number of fused-ring (bicyclic) bond motifs is 2. The Balaban J connectivity index is 1.70. The lowest BCUT2D eigenvalue weighted by atomic mass is 10.00. The zero-order valence-electron chi connectivity index (χ0n) is 15.2. The van der Waals surface area contributed by atoms with Crippen LogP contribution in [0.2, 0.25) is 0 Å². The quantitative estimate of drug-likeness (QED) is 0.761. The zero-order chi connectivity index (χ0) is 18.3. The molecule has 1 atom stereocenters. The van der Waals surface area contributed by atoms with Gasteiger partial charge < -0.3 is 19.9 Å². The Bertz CT molecular complexity index is 977. The van der Waals surface area contributed by atoms with Crippen molar-refractivity contribution in [3.8, 4) is 5.75 Å². The molecular weight excluding hydrogens is 328 g/mol. The predicted molar refractivity (Wildman–Crippen MR) is 102 cm³/mol. The number of benzene rings is 1. The van der Waals surface area contributed by atoms with Crippen molar-refractivity contribution in [1.82, 2.24) is 15.3 Å². The van der Waals surface area contributed by atoms with Gasteiger partial charge in [-0.3, -0.25) is 4.79 Å². The van der Waals surface area contributed by atoms with Gasteiger partial charge in [-0.2, -0.15) is 0 Å². The average Bonchev–Trinajstić information content (AvgIpc) is 3.01. The molecule has 0 saturated heterocycles. The standard InChI is InChI=1S/C20H22N4O2/c1-12-10-14-18(24(2)3)15(11-21-19(14)22-12)20(25)23-16-8-9-26-17-7-5-4-6-13(16)17/h4-7,10-11,16H,8-9H2,1-3H3,(H,21,22)(H,23,25)/t16-/m0/s1. The molecule has 2 N–H and O–H groups in total. The third-order valence-corrected chi connectivity index (χ3v) is 4.72. The molecule has 4 rings (SSSR count). The molecular formula is C20H22N4O2. The van der Waals surface area contributed by atoms with E-state index < -0.39 is 0 Å². The molecule has 134 valence electrons. The highest BCUT2D eigenvalue weighted by atomic mass is 16.5. The van der Waals surface area contributed by atoms with E-state index in [4.69, 9.17) is 4.74 Å². The number of hydrogen-bond donors (Lipinski definition) is 2. The minimum atomic E-state index is -0.122. The summed E-state index contributed by atoms with van der Waals surface area (Å²) in [6.45, 7) is 2.58. The van der Waals surface area contributed by atoms with Crippen LogP contribution in [-0.4, -0.2) is 36.6 Å². The van der Waals surface area contributed by atoms with Gasteiger partial charge in [-0.1, -0.05) is 18.2 Å². The summed E-state index contributed by atoms with van der Waals surface area (Å²) in [6.07, 6.45) is 2.40. The second kappa shape index (κ2) is 6.37. The van der Waals surface area contributed by atoms with Gasteiger partial charge in [0.15, 0.2) is 0 Å². The highest BCUT2D eigenvalue weighted by Crippen LogP contribution is 2.33. The molecule has 1 aromatic carbocycles. The van der Waals surface area contributed by atoms with E-state index in [1.807, 2.05) is 56.3 Å². The SMILES string of the molecule is Cc1cc2c(N(C)C)c(C(=O)N[C@H]3CCOc4ccccc43)cnc2[nH]1. The van der Waals surface area contributed by atoms with Crippen molar-refractivity contribution in [3.05, 3.63) is 53.3 Å². The Morgan fingerprint density at radius 3 is 2.96 bits per heavy atom. The topological polar surface area (TPSA) is 70.2 Å². The summed E-state index contributed by atoms with van der Waals surface area (Å²) in [6, 6.07) is 9.82. The van der Waals surface area contributed by atoms with Crippen molar-refractivity contribution < 1.29 is 9.53 Å². The second-order valence-corrected chi connectivity index (χ2v) is 6.83. The Labute approximate surface area is 152 Å². The average molecular weight is 350 g/mol. The maximum Gasteiger partial charge on any atom is 0.255 e. The molecule has 26 heavy (non-hydrogen) atoms. The lowest BCUT2D eigenvalue weighted by Crippen LogP contribution is -2.33. The van der Waals surface area contributed by atoms with Gasteiger partial charge >= 0.3 is 0 Å². The van der Waals surface area contributed by atoms with Crippen LogP contribution in [0, 0.1) is 6.92 Å². The summed E-state index contributed by atoms with van der Waals surface area (Å²) >= 11 is 0. The molecule has 0 saturated carbocycles. The third kappa shape index (κ3) is 2.77. The maximum atomic E-state index is 13.1. The molecule has 1 aliphatic rings. The molecule has 0 spiro atoms. The summed E-state index contributed by atoms with van der Waals surface area (Å²) in [7, 11) is 3.88. The Morgan fingerprint density at radius 1 is 1.35 bits per heavy atom. The highest BCUT2D eigenvalue weighted by Gasteiger charge is 2.25. The number of H-pyrrole nitrogens is 1. The summed E-state index contributed by atoms with van der Waals surface area (Å²) in [5.41, 5.74) is 4.28. The Kier molecular flexibility index (Phi) is 4.03. The van der Waals surface area contributed by atoms with Crippen LogP contribution < -0.4 is 15.0 Å². The van der Waals surface area contributed by atoms with E-state index in [9.17, 15) is 4.79 Å². The predicted octanol–water partition coefficient (Wildman–Crippen LogP) is 3.19. The fourth-order valence-electron chi connectivity index (χ4n) is 3.57. The number of rotatable bonds is 3. The van der Waals surface area contributed by atoms with E-state index in [2.05, 4.69) is 15.3 Å². The molecule has 3 aromatic rings. The highest BCUT2D eigenvalue weighted by molar-refractivity contribution is 6.07. The zero-order valence-corrected chi connectivity index (χ0v) is 15.2. The number of nitrogens with one attached hydrogen (secondary N) is 2. The van der Waals surface area contributed by atoms with Gasteiger partial charge in [0.1, 0.15) is 11.4 Å². The van der Waals surface area contributed by atoms with E-state index in [0.29, 0.717) is 12.2 Å². The van der Waals surface area contributed by atoms with E-state index in [0.717, 1.165) is 40.1 Å². The molecule has 0 bridgehead atoms. The largest absolute Gasteiger partial charge is 0.493 e. The van der Waals surface area contributed by atoms with Crippen LogP contribution >= 0.6 is 0 Å². The summed E-state index contributed by atoms with van der Waals surface area (Å²) in [5, 5.41) is 4.11. The second-order valence-electron chi connectivity index (χ2n) is 6.83. The summed E-state index contributed by atoms with van der Waals surface area (Å²) in [4.78, 5) is 22.7. The molecule has 6 nitrogen and oxygen atoms in total. The van der Waals surface area contributed by atoms with E-state index >= 15 is 0 Å². The third-order valence-electron chi connectivity index (χ3n) is 4.72.